The highest BCUT2D eigenvalue weighted by molar-refractivity contribution is 6.37. The average molecular weight is 444 g/mol. The van der Waals surface area contributed by atoms with E-state index in [4.69, 9.17) is 11.6 Å². The van der Waals surface area contributed by atoms with Gasteiger partial charge in [0, 0.05) is 26.3 Å². The van der Waals surface area contributed by atoms with Gasteiger partial charge in [-0.1, -0.05) is 11.6 Å². The fourth-order valence-electron chi connectivity index (χ4n) is 2.80. The van der Waals surface area contributed by atoms with E-state index in [2.05, 4.69) is 20.5 Å². The SMILES string of the molecule is CCn1ncc(NC(=O)c2nn3c(C(F)(F)F)cc(C)nc3c2Cl)c1C(=O)N(C)C. The number of aromatic nitrogens is 5. The van der Waals surface area contributed by atoms with Crippen LogP contribution in [0.5, 0.6) is 0 Å². The molecule has 0 radical (unpaired) electrons. The molecular weight excluding hydrogens is 427 g/mol. The molecule has 13 heteroatoms. The fourth-order valence-corrected chi connectivity index (χ4v) is 3.04. The zero-order chi connectivity index (χ0) is 22.4. The summed E-state index contributed by atoms with van der Waals surface area (Å²) < 4.78 is 41.9. The second-order valence-corrected chi connectivity index (χ2v) is 6.93. The van der Waals surface area contributed by atoms with Crippen molar-refractivity contribution in [3.63, 3.8) is 0 Å². The molecule has 3 aromatic heterocycles. The van der Waals surface area contributed by atoms with Gasteiger partial charge in [-0.3, -0.25) is 14.3 Å². The lowest BCUT2D eigenvalue weighted by molar-refractivity contribution is -0.142. The molecule has 160 valence electrons. The van der Waals surface area contributed by atoms with Crippen molar-refractivity contribution in [2.24, 2.45) is 0 Å². The van der Waals surface area contributed by atoms with Crippen LogP contribution in [0.3, 0.4) is 0 Å². The lowest BCUT2D eigenvalue weighted by atomic mass is 10.3. The summed E-state index contributed by atoms with van der Waals surface area (Å²) in [6.45, 7) is 3.49. The minimum absolute atomic E-state index is 0.0617. The largest absolute Gasteiger partial charge is 0.433 e. The Kier molecular flexibility index (Phi) is 5.46. The third-order valence-corrected chi connectivity index (χ3v) is 4.51. The van der Waals surface area contributed by atoms with E-state index in [-0.39, 0.29) is 27.7 Å². The molecule has 3 rings (SSSR count). The highest BCUT2D eigenvalue weighted by Gasteiger charge is 2.36. The molecule has 0 aromatic carbocycles. The Morgan fingerprint density at radius 3 is 2.53 bits per heavy atom. The fraction of sp³-hybridized carbons (Fsp3) is 0.353. The number of anilines is 1. The van der Waals surface area contributed by atoms with E-state index >= 15 is 0 Å². The smallest absolute Gasteiger partial charge is 0.343 e. The minimum atomic E-state index is -4.73. The molecule has 30 heavy (non-hydrogen) atoms. The molecule has 0 saturated carbocycles. The summed E-state index contributed by atoms with van der Waals surface area (Å²) in [7, 11) is 3.07. The minimum Gasteiger partial charge on any atom is -0.343 e. The summed E-state index contributed by atoms with van der Waals surface area (Å²) in [6, 6.07) is 0.803. The van der Waals surface area contributed by atoms with Gasteiger partial charge in [-0.15, -0.1) is 0 Å². The van der Waals surface area contributed by atoms with E-state index in [0.717, 1.165) is 6.07 Å². The summed E-state index contributed by atoms with van der Waals surface area (Å²) in [4.78, 5) is 30.5. The first kappa shape index (κ1) is 21.6. The van der Waals surface area contributed by atoms with Crippen LogP contribution in [-0.4, -0.2) is 55.2 Å². The molecule has 3 aromatic rings. The number of carbonyl (C=O) groups excluding carboxylic acids is 2. The molecule has 3 heterocycles. The number of amides is 2. The Morgan fingerprint density at radius 1 is 1.30 bits per heavy atom. The summed E-state index contributed by atoms with van der Waals surface area (Å²) >= 11 is 6.13. The summed E-state index contributed by atoms with van der Waals surface area (Å²) in [5.74, 6) is -1.32. The van der Waals surface area contributed by atoms with Gasteiger partial charge in [0.2, 0.25) is 0 Å². The Bertz CT molecular complexity index is 1150. The van der Waals surface area contributed by atoms with E-state index in [1.54, 1.807) is 6.92 Å². The van der Waals surface area contributed by atoms with Crippen LogP contribution >= 0.6 is 11.6 Å². The van der Waals surface area contributed by atoms with Crippen LogP contribution in [0.4, 0.5) is 18.9 Å². The molecule has 0 aliphatic carbocycles. The van der Waals surface area contributed by atoms with Gasteiger partial charge in [-0.05, 0) is 19.9 Å². The van der Waals surface area contributed by atoms with Gasteiger partial charge in [0.15, 0.2) is 11.3 Å². The van der Waals surface area contributed by atoms with E-state index in [1.165, 1.54) is 36.8 Å². The van der Waals surface area contributed by atoms with Crippen molar-refractivity contribution in [2.75, 3.05) is 19.4 Å². The van der Waals surface area contributed by atoms with E-state index in [1.807, 2.05) is 0 Å². The van der Waals surface area contributed by atoms with Crippen LogP contribution in [0.1, 0.15) is 39.3 Å². The number of fused-ring (bicyclic) bond motifs is 1. The maximum absolute atomic E-state index is 13.4. The zero-order valence-corrected chi connectivity index (χ0v) is 17.1. The standard InChI is InChI=1S/C17H17ClF3N7O2/c1-5-27-13(16(30)26(3)4)9(7-22-27)24-15(29)12-11(18)14-23-8(2)6-10(17(19,20)21)28(14)25-12/h6-7H,5H2,1-4H3,(H,24,29). The van der Waals surface area contributed by atoms with Crippen molar-refractivity contribution >= 4 is 34.7 Å². The lowest BCUT2D eigenvalue weighted by Crippen LogP contribution is -2.26. The molecule has 2 amide bonds. The first-order valence-electron chi connectivity index (χ1n) is 8.67. The first-order valence-corrected chi connectivity index (χ1v) is 9.05. The normalized spacial score (nSPS) is 11.7. The molecule has 0 saturated heterocycles. The molecule has 9 nitrogen and oxygen atoms in total. The van der Waals surface area contributed by atoms with Gasteiger partial charge in [-0.25, -0.2) is 9.50 Å². The number of halogens is 4. The molecule has 0 unspecified atom stereocenters. The Hall–Kier alpha value is -3.15. The van der Waals surface area contributed by atoms with Crippen molar-refractivity contribution in [1.82, 2.24) is 29.3 Å². The molecule has 1 N–H and O–H groups in total. The molecule has 0 aliphatic rings. The number of hydrogen-bond donors (Lipinski definition) is 1. The van der Waals surface area contributed by atoms with Gasteiger partial charge in [0.25, 0.3) is 11.8 Å². The van der Waals surface area contributed by atoms with Crippen LogP contribution < -0.4 is 5.32 Å². The Balaban J connectivity index is 2.07. The summed E-state index contributed by atoms with van der Waals surface area (Å²) in [5, 5.41) is 9.87. The third kappa shape index (κ3) is 3.70. The van der Waals surface area contributed by atoms with Crippen molar-refractivity contribution in [2.45, 2.75) is 26.6 Å². The second kappa shape index (κ2) is 7.59. The monoisotopic (exact) mass is 443 g/mol. The highest BCUT2D eigenvalue weighted by Crippen LogP contribution is 2.32. The van der Waals surface area contributed by atoms with E-state index in [9.17, 15) is 22.8 Å². The van der Waals surface area contributed by atoms with Gasteiger partial charge in [0.1, 0.15) is 16.4 Å². The molecule has 0 aliphatic heterocycles. The molecule has 0 bridgehead atoms. The van der Waals surface area contributed by atoms with Crippen LogP contribution in [0.15, 0.2) is 12.3 Å². The second-order valence-electron chi connectivity index (χ2n) is 6.55. The van der Waals surface area contributed by atoms with Crippen molar-refractivity contribution in [1.29, 1.82) is 0 Å². The van der Waals surface area contributed by atoms with Crippen LogP contribution in [0.2, 0.25) is 5.02 Å². The van der Waals surface area contributed by atoms with Crippen LogP contribution in [-0.2, 0) is 12.7 Å². The molecule has 0 fully saturated rings. The lowest BCUT2D eigenvalue weighted by Gasteiger charge is -2.13. The van der Waals surface area contributed by atoms with Gasteiger partial charge in [0.05, 0.1) is 11.9 Å². The van der Waals surface area contributed by atoms with Crippen molar-refractivity contribution < 1.29 is 22.8 Å². The third-order valence-electron chi connectivity index (χ3n) is 4.16. The number of carbonyl (C=O) groups is 2. The van der Waals surface area contributed by atoms with Crippen molar-refractivity contribution in [3.05, 3.63) is 40.1 Å². The van der Waals surface area contributed by atoms with Gasteiger partial charge >= 0.3 is 6.18 Å². The van der Waals surface area contributed by atoms with Crippen LogP contribution in [0, 0.1) is 6.92 Å². The predicted molar refractivity (Wildman–Crippen MR) is 102 cm³/mol. The van der Waals surface area contributed by atoms with E-state index < -0.39 is 29.4 Å². The molecule has 0 atom stereocenters. The van der Waals surface area contributed by atoms with Crippen LogP contribution in [0.25, 0.3) is 5.65 Å². The quantitative estimate of drug-likeness (QED) is 0.668. The Labute approximate surface area is 173 Å². The maximum Gasteiger partial charge on any atom is 0.433 e. The number of nitrogens with one attached hydrogen (secondary N) is 1. The van der Waals surface area contributed by atoms with E-state index in [0.29, 0.717) is 11.1 Å². The number of alkyl halides is 3. The average Bonchev–Trinajstić information content (AvgIpc) is 3.20. The summed E-state index contributed by atoms with van der Waals surface area (Å²) in [6.07, 6.45) is -3.46. The zero-order valence-electron chi connectivity index (χ0n) is 16.4. The molecular formula is C17H17ClF3N7O2. The number of rotatable bonds is 4. The number of hydrogen-bond acceptors (Lipinski definition) is 5. The molecule has 0 spiro atoms. The maximum atomic E-state index is 13.4. The van der Waals surface area contributed by atoms with Crippen molar-refractivity contribution in [3.8, 4) is 0 Å². The van der Waals surface area contributed by atoms with Gasteiger partial charge in [-0.2, -0.15) is 23.4 Å². The predicted octanol–water partition coefficient (Wildman–Crippen LogP) is 2.88. The highest BCUT2D eigenvalue weighted by atomic mass is 35.5. The number of aryl methyl sites for hydroxylation is 2. The number of nitrogens with zero attached hydrogens (tertiary/aromatic N) is 6. The first-order chi connectivity index (χ1) is 14.0. The Morgan fingerprint density at radius 2 is 1.97 bits per heavy atom. The van der Waals surface area contributed by atoms with Gasteiger partial charge < -0.3 is 10.2 Å². The topological polar surface area (TPSA) is 97.4 Å². The summed E-state index contributed by atoms with van der Waals surface area (Å²) in [5.41, 5.74) is -1.63.